The van der Waals surface area contributed by atoms with E-state index in [2.05, 4.69) is 5.32 Å². The third-order valence-corrected chi connectivity index (χ3v) is 6.65. The van der Waals surface area contributed by atoms with Crippen LogP contribution in [0.15, 0.2) is 54.6 Å². The van der Waals surface area contributed by atoms with Gasteiger partial charge in [-0.2, -0.15) is 0 Å². The molecule has 0 aliphatic carbocycles. The van der Waals surface area contributed by atoms with Crippen molar-refractivity contribution in [2.45, 2.75) is 65.0 Å². The number of likely N-dealkylation sites (tertiary alicyclic amines) is 1. The molecule has 0 aromatic heterocycles. The molecule has 3 amide bonds. The van der Waals surface area contributed by atoms with Crippen LogP contribution in [-0.4, -0.2) is 50.9 Å². The lowest BCUT2D eigenvalue weighted by molar-refractivity contribution is -0.149. The molecule has 1 aliphatic rings. The number of carbonyl (C=O) groups excluding carboxylic acids is 3. The number of carbonyl (C=O) groups is 4. The number of phenols is 1. The van der Waals surface area contributed by atoms with Gasteiger partial charge in [0.25, 0.3) is 0 Å². The van der Waals surface area contributed by atoms with Crippen LogP contribution in [0.2, 0.25) is 0 Å². The maximum Gasteiger partial charge on any atom is 0.326 e. The fraction of sp³-hybridized carbons (Fsp3) is 0.448. The van der Waals surface area contributed by atoms with Crippen LogP contribution in [-0.2, 0) is 25.6 Å². The lowest BCUT2D eigenvalue weighted by atomic mass is 9.83. The van der Waals surface area contributed by atoms with E-state index < -0.39 is 47.6 Å². The molecule has 1 fully saturated rings. The van der Waals surface area contributed by atoms with Gasteiger partial charge in [-0.1, -0.05) is 70.2 Å². The third-order valence-electron chi connectivity index (χ3n) is 6.65. The van der Waals surface area contributed by atoms with Gasteiger partial charge < -0.3 is 15.5 Å². The van der Waals surface area contributed by atoms with E-state index in [0.717, 1.165) is 10.5 Å². The van der Waals surface area contributed by atoms with E-state index in [0.29, 0.717) is 12.0 Å². The molecule has 1 aliphatic heterocycles. The summed E-state index contributed by atoms with van der Waals surface area (Å²) in [5.74, 6) is -4.07. The predicted octanol–water partition coefficient (Wildman–Crippen LogP) is 3.73. The van der Waals surface area contributed by atoms with Gasteiger partial charge in [0.15, 0.2) is 0 Å². The Morgan fingerprint density at radius 1 is 0.919 bits per heavy atom. The van der Waals surface area contributed by atoms with E-state index in [1.807, 2.05) is 33.8 Å². The molecule has 2 aromatic rings. The Morgan fingerprint density at radius 2 is 1.54 bits per heavy atom. The molecule has 8 heteroatoms. The molecule has 2 aromatic carbocycles. The first-order valence-corrected chi connectivity index (χ1v) is 12.7. The van der Waals surface area contributed by atoms with Crippen molar-refractivity contribution in [2.24, 2.45) is 17.8 Å². The van der Waals surface area contributed by atoms with Gasteiger partial charge in [0.1, 0.15) is 17.8 Å². The summed E-state index contributed by atoms with van der Waals surface area (Å²) in [5, 5.41) is 22.0. The van der Waals surface area contributed by atoms with Crippen molar-refractivity contribution in [3.63, 3.8) is 0 Å². The van der Waals surface area contributed by atoms with E-state index in [1.54, 1.807) is 36.4 Å². The van der Waals surface area contributed by atoms with Crippen LogP contribution in [0.5, 0.6) is 5.75 Å². The maximum absolute atomic E-state index is 13.9. The molecule has 4 atom stereocenters. The van der Waals surface area contributed by atoms with E-state index in [-0.39, 0.29) is 30.4 Å². The van der Waals surface area contributed by atoms with Gasteiger partial charge in [-0.15, -0.1) is 0 Å². The largest absolute Gasteiger partial charge is 0.508 e. The van der Waals surface area contributed by atoms with Crippen molar-refractivity contribution >= 4 is 23.7 Å². The monoisotopic (exact) mass is 508 g/mol. The second kappa shape index (κ2) is 12.0. The Labute approximate surface area is 217 Å². The summed E-state index contributed by atoms with van der Waals surface area (Å²) < 4.78 is 0. The summed E-state index contributed by atoms with van der Waals surface area (Å²) in [5.41, 5.74) is 1.33. The Morgan fingerprint density at radius 3 is 2.08 bits per heavy atom. The number of aliphatic carboxylic acids is 1. The van der Waals surface area contributed by atoms with E-state index in [1.165, 1.54) is 12.1 Å². The molecule has 1 saturated heterocycles. The average molecular weight is 509 g/mol. The highest BCUT2D eigenvalue weighted by Gasteiger charge is 2.52. The van der Waals surface area contributed by atoms with Crippen molar-refractivity contribution in [3.8, 4) is 5.75 Å². The number of phenolic OH excluding ortho intramolecular Hbond substituents is 1. The Bertz CT molecular complexity index is 1110. The lowest BCUT2D eigenvalue weighted by Crippen LogP contribution is -2.54. The topological polar surface area (TPSA) is 124 Å². The van der Waals surface area contributed by atoms with Crippen molar-refractivity contribution in [1.82, 2.24) is 10.2 Å². The number of nitrogens with one attached hydrogen (secondary N) is 1. The molecule has 0 spiro atoms. The van der Waals surface area contributed by atoms with Gasteiger partial charge in [-0.3, -0.25) is 19.3 Å². The number of rotatable bonds is 11. The molecule has 3 N–H and O–H groups in total. The number of carboxylic acid groups (broad SMARTS) is 1. The fourth-order valence-electron chi connectivity index (χ4n) is 4.96. The number of nitrogens with zero attached hydrogens (tertiary/aromatic N) is 1. The summed E-state index contributed by atoms with van der Waals surface area (Å²) in [6.07, 6.45) is 0.722. The molecule has 0 bridgehead atoms. The molecule has 37 heavy (non-hydrogen) atoms. The van der Waals surface area contributed by atoms with Gasteiger partial charge in [0.2, 0.25) is 17.7 Å². The highest BCUT2D eigenvalue weighted by molar-refractivity contribution is 6.10. The molecule has 3 rings (SSSR count). The first kappa shape index (κ1) is 27.9. The summed E-state index contributed by atoms with van der Waals surface area (Å²) in [6.45, 7) is 7.64. The Hall–Kier alpha value is -3.68. The summed E-state index contributed by atoms with van der Waals surface area (Å²) in [6, 6.07) is 12.9. The zero-order valence-electron chi connectivity index (χ0n) is 21.8. The summed E-state index contributed by atoms with van der Waals surface area (Å²) in [7, 11) is 0. The molecular weight excluding hydrogens is 472 g/mol. The Kier molecular flexibility index (Phi) is 9.08. The smallest absolute Gasteiger partial charge is 0.326 e. The zero-order valence-corrected chi connectivity index (χ0v) is 21.8. The summed E-state index contributed by atoms with van der Waals surface area (Å²) in [4.78, 5) is 54.2. The second-order valence-electron chi connectivity index (χ2n) is 10.6. The van der Waals surface area contributed by atoms with Crippen molar-refractivity contribution in [1.29, 1.82) is 0 Å². The number of imide groups is 1. The Balaban J connectivity index is 2.02. The molecule has 1 heterocycles. The van der Waals surface area contributed by atoms with E-state index in [9.17, 15) is 29.4 Å². The first-order valence-electron chi connectivity index (χ1n) is 12.7. The standard InChI is InChI=1S/C29H36N2O6/c1-17(2)14-22-25(20-10-12-21(32)13-11-20)28(35)31(27(22)34)24(16-19-8-6-5-7-9-19)26(33)30-23(29(36)37)15-18(3)4/h5-13,17-18,22-25,32H,14-16H2,1-4H3,(H,30,33)(H,36,37)/t22?,23-,24?,25?/m0/s1. The molecule has 8 nitrogen and oxygen atoms in total. The number of hydrogen-bond acceptors (Lipinski definition) is 5. The zero-order chi connectivity index (χ0) is 27.3. The van der Waals surface area contributed by atoms with Crippen LogP contribution in [0, 0.1) is 17.8 Å². The SMILES string of the molecule is CC(C)CC1C(=O)N(C(Cc2ccccc2)C(=O)N[C@@H](CC(C)C)C(=O)O)C(=O)C1c1ccc(O)cc1. The molecule has 3 unspecified atom stereocenters. The minimum absolute atomic E-state index is 0.0123. The molecule has 198 valence electrons. The fourth-order valence-corrected chi connectivity index (χ4v) is 4.96. The maximum atomic E-state index is 13.9. The highest BCUT2D eigenvalue weighted by Crippen LogP contribution is 2.40. The number of carboxylic acids is 1. The van der Waals surface area contributed by atoms with Crippen molar-refractivity contribution in [3.05, 3.63) is 65.7 Å². The van der Waals surface area contributed by atoms with Gasteiger partial charge in [-0.25, -0.2) is 4.79 Å². The van der Waals surface area contributed by atoms with Gasteiger partial charge in [0, 0.05) is 6.42 Å². The van der Waals surface area contributed by atoms with E-state index >= 15 is 0 Å². The van der Waals surface area contributed by atoms with Gasteiger partial charge in [-0.05, 0) is 47.9 Å². The van der Waals surface area contributed by atoms with Gasteiger partial charge >= 0.3 is 5.97 Å². The number of hydrogen-bond donors (Lipinski definition) is 3. The normalized spacial score (nSPS) is 19.4. The lowest BCUT2D eigenvalue weighted by Gasteiger charge is -2.28. The number of amides is 3. The second-order valence-corrected chi connectivity index (χ2v) is 10.6. The van der Waals surface area contributed by atoms with Crippen molar-refractivity contribution in [2.75, 3.05) is 0 Å². The minimum Gasteiger partial charge on any atom is -0.508 e. The predicted molar refractivity (Wildman–Crippen MR) is 139 cm³/mol. The number of aromatic hydroxyl groups is 1. The molecule has 0 radical (unpaired) electrons. The van der Waals surface area contributed by atoms with Gasteiger partial charge in [0.05, 0.1) is 11.8 Å². The number of benzene rings is 2. The van der Waals surface area contributed by atoms with Crippen LogP contribution in [0.3, 0.4) is 0 Å². The average Bonchev–Trinajstić information content (AvgIpc) is 3.06. The third kappa shape index (κ3) is 6.76. The first-order chi connectivity index (χ1) is 17.5. The van der Waals surface area contributed by atoms with Crippen LogP contribution >= 0.6 is 0 Å². The van der Waals surface area contributed by atoms with Crippen molar-refractivity contribution < 1.29 is 29.4 Å². The summed E-state index contributed by atoms with van der Waals surface area (Å²) >= 11 is 0. The van der Waals surface area contributed by atoms with Crippen LogP contribution in [0.4, 0.5) is 0 Å². The molecular formula is C29H36N2O6. The molecule has 0 saturated carbocycles. The van der Waals surface area contributed by atoms with Crippen LogP contribution < -0.4 is 5.32 Å². The minimum atomic E-state index is -1.20. The van der Waals surface area contributed by atoms with E-state index in [4.69, 9.17) is 0 Å². The van der Waals surface area contributed by atoms with Crippen LogP contribution in [0.25, 0.3) is 0 Å². The van der Waals surface area contributed by atoms with Crippen LogP contribution in [0.1, 0.15) is 57.6 Å². The quantitative estimate of drug-likeness (QED) is 0.397. The highest BCUT2D eigenvalue weighted by atomic mass is 16.4.